The van der Waals surface area contributed by atoms with Crippen molar-refractivity contribution < 1.29 is 18.9 Å². The van der Waals surface area contributed by atoms with Crippen LogP contribution in [0.4, 0.5) is 0 Å². The largest absolute Gasteiger partial charge is 0.481 e. The second-order valence-electron chi connectivity index (χ2n) is 9.13. The Morgan fingerprint density at radius 2 is 1.14 bits per heavy atom. The van der Waals surface area contributed by atoms with Gasteiger partial charge in [0.2, 0.25) is 0 Å². The molecule has 6 nitrogen and oxygen atoms in total. The van der Waals surface area contributed by atoms with E-state index < -0.39 is 22.4 Å². The molecule has 0 aliphatic rings. The fraction of sp³-hybridized carbons (Fsp3) is 0.636. The summed E-state index contributed by atoms with van der Waals surface area (Å²) in [6, 6.07) is 3.64. The Kier molecular flexibility index (Phi) is 6.44. The molecule has 2 rings (SSSR count). The van der Waals surface area contributed by atoms with Crippen molar-refractivity contribution in [2.45, 2.75) is 77.8 Å². The Bertz CT molecular complexity index is 878. The zero-order valence-electron chi connectivity index (χ0n) is 19.1. The molecule has 0 amide bonds. The lowest BCUT2D eigenvalue weighted by Crippen LogP contribution is -2.52. The van der Waals surface area contributed by atoms with Gasteiger partial charge in [0.15, 0.2) is 11.5 Å². The fourth-order valence-electron chi connectivity index (χ4n) is 2.48. The van der Waals surface area contributed by atoms with Crippen molar-refractivity contribution in [3.8, 4) is 11.5 Å². The van der Waals surface area contributed by atoms with Crippen molar-refractivity contribution in [1.82, 2.24) is 9.97 Å². The molecule has 2 aromatic rings. The number of halogens is 1. The van der Waals surface area contributed by atoms with Gasteiger partial charge in [0.25, 0.3) is 0 Å². The van der Waals surface area contributed by atoms with Crippen LogP contribution in [0.2, 0.25) is 5.15 Å². The predicted molar refractivity (Wildman–Crippen MR) is 116 cm³/mol. The summed E-state index contributed by atoms with van der Waals surface area (Å²) in [5.74, 6) is 1.08. The van der Waals surface area contributed by atoms with Gasteiger partial charge in [-0.3, -0.25) is 0 Å². The first kappa shape index (κ1) is 23.6. The molecule has 0 fully saturated rings. The van der Waals surface area contributed by atoms with Gasteiger partial charge in [-0.2, -0.15) is 0 Å². The Hall–Kier alpha value is -1.63. The molecule has 1 heterocycles. The van der Waals surface area contributed by atoms with E-state index in [4.69, 9.17) is 30.5 Å². The molecule has 1 aromatic heterocycles. The fourth-order valence-corrected chi connectivity index (χ4v) is 2.67. The molecule has 162 valence electrons. The first-order chi connectivity index (χ1) is 13.2. The third-order valence-corrected chi connectivity index (χ3v) is 6.60. The zero-order valence-corrected chi connectivity index (χ0v) is 19.9. The van der Waals surface area contributed by atoms with Crippen LogP contribution in [0.3, 0.4) is 0 Å². The van der Waals surface area contributed by atoms with Crippen molar-refractivity contribution in [2.75, 3.05) is 14.2 Å². The van der Waals surface area contributed by atoms with E-state index >= 15 is 0 Å². The molecule has 0 N–H and O–H groups in total. The molecule has 1 aromatic carbocycles. The van der Waals surface area contributed by atoms with Gasteiger partial charge in [0, 0.05) is 25.7 Å². The molecule has 0 aliphatic carbocycles. The molecule has 29 heavy (non-hydrogen) atoms. The van der Waals surface area contributed by atoms with E-state index in [2.05, 4.69) is 9.97 Å². The van der Waals surface area contributed by atoms with Crippen molar-refractivity contribution in [3.63, 3.8) is 0 Å². The van der Waals surface area contributed by atoms with Gasteiger partial charge in [0.1, 0.15) is 33.9 Å². The lowest BCUT2D eigenvalue weighted by atomic mass is 9.88. The molecule has 0 saturated carbocycles. The third-order valence-electron chi connectivity index (χ3n) is 6.30. The Morgan fingerprint density at radius 1 is 0.690 bits per heavy atom. The van der Waals surface area contributed by atoms with Crippen LogP contribution in [-0.4, -0.2) is 46.6 Å². The SMILES string of the molecule is COC(C)(C)C(C)(C)Oc1cc2ncnc(Cl)c2cc1OC(C)(C)C(C)(C)OC. The van der Waals surface area contributed by atoms with Gasteiger partial charge in [-0.05, 0) is 61.5 Å². The topological polar surface area (TPSA) is 62.7 Å². The summed E-state index contributed by atoms with van der Waals surface area (Å²) in [7, 11) is 3.33. The van der Waals surface area contributed by atoms with Crippen LogP contribution in [0.25, 0.3) is 10.9 Å². The number of aromatic nitrogens is 2. The first-order valence-corrected chi connectivity index (χ1v) is 9.98. The second kappa shape index (κ2) is 7.89. The van der Waals surface area contributed by atoms with Crippen LogP contribution in [0, 0.1) is 0 Å². The Morgan fingerprint density at radius 3 is 1.59 bits per heavy atom. The highest BCUT2D eigenvalue weighted by Crippen LogP contribution is 2.42. The van der Waals surface area contributed by atoms with Crippen molar-refractivity contribution in [3.05, 3.63) is 23.6 Å². The molecule has 0 bridgehead atoms. The number of benzene rings is 1. The zero-order chi connectivity index (χ0) is 22.3. The van der Waals surface area contributed by atoms with Crippen LogP contribution >= 0.6 is 11.6 Å². The number of rotatable bonds is 8. The maximum Gasteiger partial charge on any atom is 0.164 e. The summed E-state index contributed by atoms with van der Waals surface area (Å²) < 4.78 is 24.2. The molecular formula is C22H33ClN2O4. The van der Waals surface area contributed by atoms with E-state index in [1.54, 1.807) is 14.2 Å². The average molecular weight is 425 g/mol. The number of nitrogens with zero attached hydrogens (tertiary/aromatic N) is 2. The smallest absolute Gasteiger partial charge is 0.164 e. The second-order valence-corrected chi connectivity index (χ2v) is 9.49. The monoisotopic (exact) mass is 424 g/mol. The summed E-state index contributed by atoms with van der Waals surface area (Å²) in [6.07, 6.45) is 1.43. The molecule has 0 radical (unpaired) electrons. The van der Waals surface area contributed by atoms with Crippen LogP contribution in [0.5, 0.6) is 11.5 Å². The average Bonchev–Trinajstić information content (AvgIpc) is 2.62. The van der Waals surface area contributed by atoms with Crippen LogP contribution in [0.15, 0.2) is 18.5 Å². The van der Waals surface area contributed by atoms with Gasteiger partial charge in [0.05, 0.1) is 5.52 Å². The molecule has 0 spiro atoms. The van der Waals surface area contributed by atoms with E-state index in [-0.39, 0.29) is 0 Å². The third kappa shape index (κ3) is 4.60. The van der Waals surface area contributed by atoms with Crippen LogP contribution in [-0.2, 0) is 9.47 Å². The normalized spacial score (nSPS) is 13.6. The lowest BCUT2D eigenvalue weighted by Gasteiger charge is -2.42. The Labute approximate surface area is 178 Å². The summed E-state index contributed by atoms with van der Waals surface area (Å²) in [5.41, 5.74) is -1.77. The number of fused-ring (bicyclic) bond motifs is 1. The summed E-state index contributed by atoms with van der Waals surface area (Å²) in [4.78, 5) is 8.41. The molecule has 0 saturated heterocycles. The van der Waals surface area contributed by atoms with Crippen molar-refractivity contribution in [2.24, 2.45) is 0 Å². The highest BCUT2D eigenvalue weighted by atomic mass is 35.5. The number of hydrogen-bond acceptors (Lipinski definition) is 6. The highest BCUT2D eigenvalue weighted by Gasteiger charge is 2.42. The summed E-state index contributed by atoms with van der Waals surface area (Å²) in [5, 5.41) is 1.04. The Balaban J connectivity index is 2.63. The molecular weight excluding hydrogens is 392 g/mol. The first-order valence-electron chi connectivity index (χ1n) is 9.60. The minimum absolute atomic E-state index is 0.353. The molecule has 0 aliphatic heterocycles. The van der Waals surface area contributed by atoms with Crippen molar-refractivity contribution >= 4 is 22.5 Å². The van der Waals surface area contributed by atoms with E-state index in [1.807, 2.05) is 67.5 Å². The van der Waals surface area contributed by atoms with Crippen LogP contribution < -0.4 is 9.47 Å². The lowest BCUT2D eigenvalue weighted by molar-refractivity contribution is -0.125. The number of methoxy groups -OCH3 is 2. The van der Waals surface area contributed by atoms with Gasteiger partial charge in [-0.25, -0.2) is 9.97 Å². The van der Waals surface area contributed by atoms with Gasteiger partial charge < -0.3 is 18.9 Å². The highest BCUT2D eigenvalue weighted by molar-refractivity contribution is 6.34. The number of hydrogen-bond donors (Lipinski definition) is 0. The summed E-state index contributed by atoms with van der Waals surface area (Å²) >= 11 is 6.31. The van der Waals surface area contributed by atoms with E-state index in [0.717, 1.165) is 0 Å². The minimum Gasteiger partial charge on any atom is -0.481 e. The standard InChI is InChI=1S/C22H33ClN2O4/c1-19(2,26-9)21(5,6)28-16-11-14-15(24-13-25-18(14)23)12-17(16)29-22(7,8)20(3,4)27-10/h11-13H,1-10H3. The van der Waals surface area contributed by atoms with Gasteiger partial charge in [-0.1, -0.05) is 11.6 Å². The quantitative estimate of drug-likeness (QED) is 0.525. The summed E-state index contributed by atoms with van der Waals surface area (Å²) in [6.45, 7) is 15.8. The maximum absolute atomic E-state index is 6.44. The van der Waals surface area contributed by atoms with Crippen LogP contribution in [0.1, 0.15) is 55.4 Å². The number of ether oxygens (including phenoxy) is 4. The van der Waals surface area contributed by atoms with E-state index in [0.29, 0.717) is 27.6 Å². The van der Waals surface area contributed by atoms with Gasteiger partial charge in [-0.15, -0.1) is 0 Å². The molecule has 7 heteroatoms. The predicted octanol–water partition coefficient (Wildman–Crippen LogP) is 5.45. The maximum atomic E-state index is 6.44. The molecule has 0 unspecified atom stereocenters. The van der Waals surface area contributed by atoms with E-state index in [1.165, 1.54) is 6.33 Å². The van der Waals surface area contributed by atoms with Crippen molar-refractivity contribution in [1.29, 1.82) is 0 Å². The molecule has 0 atom stereocenters. The van der Waals surface area contributed by atoms with E-state index in [9.17, 15) is 0 Å². The minimum atomic E-state index is -0.670. The van der Waals surface area contributed by atoms with Gasteiger partial charge >= 0.3 is 0 Å².